The number of thiophene rings is 1. The first-order valence-corrected chi connectivity index (χ1v) is 8.35. The second-order valence-corrected chi connectivity index (χ2v) is 6.80. The second kappa shape index (κ2) is 5.99. The number of rotatable bonds is 5. The van der Waals surface area contributed by atoms with Crippen LogP contribution in [0.1, 0.15) is 17.8 Å². The summed E-state index contributed by atoms with van der Waals surface area (Å²) in [7, 11) is 1.40. The number of thiazole rings is 1. The van der Waals surface area contributed by atoms with Crippen LogP contribution in [-0.2, 0) is 9.53 Å². The van der Waals surface area contributed by atoms with Crippen LogP contribution in [0.3, 0.4) is 0 Å². The van der Waals surface area contributed by atoms with E-state index in [4.69, 9.17) is 4.74 Å². The lowest BCUT2D eigenvalue weighted by molar-refractivity contribution is -0.140. The predicted molar refractivity (Wildman–Crippen MR) is 86.5 cm³/mol. The molecule has 2 aromatic heterocycles. The number of carbonyl (C=O) groups excluding carboxylic acids is 1. The van der Waals surface area contributed by atoms with Gasteiger partial charge in [0, 0.05) is 17.9 Å². The lowest BCUT2D eigenvalue weighted by Gasteiger charge is -2.07. The Morgan fingerprint density at radius 3 is 3.10 bits per heavy atom. The van der Waals surface area contributed by atoms with Gasteiger partial charge >= 0.3 is 5.97 Å². The first-order chi connectivity index (χ1) is 10.2. The Kier molecular flexibility index (Phi) is 4.07. The molecule has 0 aliphatic rings. The topological polar surface area (TPSA) is 48.4 Å². The Balaban J connectivity index is 1.83. The average Bonchev–Trinajstić information content (AvgIpc) is 3.08. The van der Waals surface area contributed by atoms with Crippen molar-refractivity contribution in [2.75, 3.05) is 13.7 Å². The van der Waals surface area contributed by atoms with Crippen LogP contribution in [0, 0.1) is 6.92 Å². The van der Waals surface area contributed by atoms with Crippen molar-refractivity contribution in [3.8, 4) is 5.75 Å². The average molecular weight is 321 g/mol. The van der Waals surface area contributed by atoms with Crippen molar-refractivity contribution in [3.63, 3.8) is 0 Å². The van der Waals surface area contributed by atoms with Gasteiger partial charge in [-0.15, -0.1) is 22.7 Å². The predicted octanol–water partition coefficient (Wildman–Crippen LogP) is 4.15. The molecule has 0 aliphatic carbocycles. The van der Waals surface area contributed by atoms with E-state index in [-0.39, 0.29) is 5.97 Å². The fraction of sp³-hybridized carbons (Fsp3) is 0.333. The Bertz CT molecular complexity index is 791. The smallest absolute Gasteiger partial charge is 0.305 e. The van der Waals surface area contributed by atoms with Gasteiger partial charge in [0.25, 0.3) is 0 Å². The molecule has 0 spiro atoms. The van der Waals surface area contributed by atoms with Crippen LogP contribution in [-0.4, -0.2) is 24.7 Å². The number of hydrogen-bond acceptors (Lipinski definition) is 6. The Hall–Kier alpha value is -1.66. The molecule has 0 atom stereocenters. The van der Waals surface area contributed by atoms with Crippen molar-refractivity contribution in [3.05, 3.63) is 22.5 Å². The molecule has 110 valence electrons. The normalized spacial score (nSPS) is 11.1. The number of benzene rings is 1. The van der Waals surface area contributed by atoms with E-state index >= 15 is 0 Å². The summed E-state index contributed by atoms with van der Waals surface area (Å²) in [5.74, 6) is 0.667. The minimum Gasteiger partial charge on any atom is -0.493 e. The molecule has 3 rings (SSSR count). The van der Waals surface area contributed by atoms with E-state index in [0.29, 0.717) is 19.4 Å². The largest absolute Gasteiger partial charge is 0.493 e. The maximum absolute atomic E-state index is 11.1. The molecule has 6 heteroatoms. The summed E-state index contributed by atoms with van der Waals surface area (Å²) in [6.07, 6.45) is 1.03. The van der Waals surface area contributed by atoms with E-state index in [9.17, 15) is 4.79 Å². The number of aryl methyl sites for hydroxylation is 1. The molecule has 3 aromatic rings. The third kappa shape index (κ3) is 2.87. The van der Waals surface area contributed by atoms with Gasteiger partial charge < -0.3 is 9.47 Å². The SMILES string of the molecule is COC(=O)CCCOc1cc2sc(C)nc2c2sccc12. The third-order valence-electron chi connectivity index (χ3n) is 3.18. The second-order valence-electron chi connectivity index (χ2n) is 4.65. The summed E-state index contributed by atoms with van der Waals surface area (Å²) in [6, 6.07) is 4.11. The molecule has 0 radical (unpaired) electrons. The quantitative estimate of drug-likeness (QED) is 0.523. The zero-order valence-electron chi connectivity index (χ0n) is 11.8. The maximum atomic E-state index is 11.1. The van der Waals surface area contributed by atoms with Gasteiger partial charge in [0.2, 0.25) is 0 Å². The van der Waals surface area contributed by atoms with Crippen LogP contribution in [0.25, 0.3) is 20.3 Å². The first kappa shape index (κ1) is 14.3. The number of methoxy groups -OCH3 is 1. The summed E-state index contributed by atoms with van der Waals surface area (Å²) >= 11 is 3.36. The van der Waals surface area contributed by atoms with E-state index in [1.54, 1.807) is 22.7 Å². The molecule has 4 nitrogen and oxygen atoms in total. The highest BCUT2D eigenvalue weighted by Crippen LogP contribution is 2.38. The van der Waals surface area contributed by atoms with Gasteiger partial charge in [0.05, 0.1) is 33.6 Å². The zero-order chi connectivity index (χ0) is 14.8. The monoisotopic (exact) mass is 321 g/mol. The van der Waals surface area contributed by atoms with E-state index in [1.165, 1.54) is 11.8 Å². The first-order valence-electron chi connectivity index (χ1n) is 6.66. The Morgan fingerprint density at radius 1 is 1.43 bits per heavy atom. The summed E-state index contributed by atoms with van der Waals surface area (Å²) < 4.78 is 12.8. The van der Waals surface area contributed by atoms with Gasteiger partial charge in [-0.25, -0.2) is 4.98 Å². The molecule has 1 aromatic carbocycles. The van der Waals surface area contributed by atoms with Gasteiger partial charge in [0.15, 0.2) is 0 Å². The van der Waals surface area contributed by atoms with Gasteiger partial charge in [-0.3, -0.25) is 4.79 Å². The molecular formula is C15H15NO3S2. The van der Waals surface area contributed by atoms with E-state index in [1.807, 2.05) is 13.0 Å². The molecule has 0 aliphatic heterocycles. The Morgan fingerprint density at radius 2 is 2.29 bits per heavy atom. The molecule has 0 bridgehead atoms. The van der Waals surface area contributed by atoms with Gasteiger partial charge in [0.1, 0.15) is 5.75 Å². The number of aromatic nitrogens is 1. The highest BCUT2D eigenvalue weighted by molar-refractivity contribution is 7.21. The number of esters is 1. The third-order valence-corrected chi connectivity index (χ3v) is 5.02. The number of fused-ring (bicyclic) bond motifs is 3. The van der Waals surface area contributed by atoms with Crippen LogP contribution in [0.4, 0.5) is 0 Å². The standard InChI is InChI=1S/C15H15NO3S2/c1-9-16-14-12(21-9)8-11(10-5-7-20-15(10)14)19-6-3-4-13(17)18-2/h5,7-8H,3-4,6H2,1-2H3. The van der Waals surface area contributed by atoms with E-state index in [2.05, 4.69) is 21.2 Å². The van der Waals surface area contributed by atoms with Crippen LogP contribution < -0.4 is 4.74 Å². The number of nitrogens with zero attached hydrogens (tertiary/aromatic N) is 1. The van der Waals surface area contributed by atoms with Crippen molar-refractivity contribution >= 4 is 48.9 Å². The van der Waals surface area contributed by atoms with Gasteiger partial charge in [-0.1, -0.05) is 0 Å². The Labute approximate surface area is 130 Å². The number of ether oxygens (including phenoxy) is 2. The summed E-state index contributed by atoms with van der Waals surface area (Å²) in [5.41, 5.74) is 1.06. The lowest BCUT2D eigenvalue weighted by atomic mass is 10.2. The minimum absolute atomic E-state index is 0.201. The molecule has 0 amide bonds. The molecule has 0 saturated carbocycles. The highest BCUT2D eigenvalue weighted by atomic mass is 32.1. The fourth-order valence-electron chi connectivity index (χ4n) is 2.21. The van der Waals surface area contributed by atoms with E-state index < -0.39 is 0 Å². The molecule has 0 N–H and O–H groups in total. The van der Waals surface area contributed by atoms with Crippen LogP contribution in [0.2, 0.25) is 0 Å². The van der Waals surface area contributed by atoms with Gasteiger partial charge in [-0.05, 0) is 24.8 Å². The van der Waals surface area contributed by atoms with Crippen molar-refractivity contribution in [2.45, 2.75) is 19.8 Å². The lowest BCUT2D eigenvalue weighted by Crippen LogP contribution is -2.04. The minimum atomic E-state index is -0.201. The summed E-state index contributed by atoms with van der Waals surface area (Å²) in [5, 5.41) is 4.21. The molecule has 2 heterocycles. The highest BCUT2D eigenvalue weighted by Gasteiger charge is 2.12. The number of carbonyl (C=O) groups is 1. The molecule has 0 saturated heterocycles. The van der Waals surface area contributed by atoms with E-state index in [0.717, 1.165) is 26.4 Å². The molecular weight excluding hydrogens is 306 g/mol. The zero-order valence-corrected chi connectivity index (χ0v) is 13.5. The van der Waals surface area contributed by atoms with Crippen molar-refractivity contribution in [1.82, 2.24) is 4.98 Å². The van der Waals surface area contributed by atoms with Crippen molar-refractivity contribution < 1.29 is 14.3 Å². The van der Waals surface area contributed by atoms with Crippen LogP contribution >= 0.6 is 22.7 Å². The molecule has 0 fully saturated rings. The molecule has 0 unspecified atom stereocenters. The molecule has 21 heavy (non-hydrogen) atoms. The fourth-order valence-corrected chi connectivity index (χ4v) is 4.04. The van der Waals surface area contributed by atoms with Gasteiger partial charge in [-0.2, -0.15) is 0 Å². The van der Waals surface area contributed by atoms with Crippen molar-refractivity contribution in [1.29, 1.82) is 0 Å². The van der Waals surface area contributed by atoms with Crippen LogP contribution in [0.5, 0.6) is 5.75 Å². The summed E-state index contributed by atoms with van der Waals surface area (Å²) in [6.45, 7) is 2.52. The maximum Gasteiger partial charge on any atom is 0.305 e. The van der Waals surface area contributed by atoms with Crippen molar-refractivity contribution in [2.24, 2.45) is 0 Å². The number of hydrogen-bond donors (Lipinski definition) is 0. The summed E-state index contributed by atoms with van der Waals surface area (Å²) in [4.78, 5) is 15.7. The van der Waals surface area contributed by atoms with Crippen LogP contribution in [0.15, 0.2) is 17.5 Å².